The third-order valence-corrected chi connectivity index (χ3v) is 6.69. The molecular formula is C25H51ClO11P2. The molecule has 1 N–H and O–H groups in total. The Bertz CT molecular complexity index is 662. The lowest BCUT2D eigenvalue weighted by molar-refractivity contribution is -0.109. The summed E-state index contributed by atoms with van der Waals surface area (Å²) in [6.07, 6.45) is 1.46. The zero-order valence-electron chi connectivity index (χ0n) is 25.2. The van der Waals surface area contributed by atoms with Gasteiger partial charge in [-0.25, -0.2) is 4.57 Å². The lowest BCUT2D eigenvalue weighted by Crippen LogP contribution is -2.29. The van der Waals surface area contributed by atoms with E-state index in [1.54, 1.807) is 0 Å². The molecular weight excluding hydrogens is 574 g/mol. The van der Waals surface area contributed by atoms with Gasteiger partial charge in [0.25, 0.3) is 0 Å². The predicted octanol–water partition coefficient (Wildman–Crippen LogP) is 7.54. The molecule has 0 aliphatic carbocycles. The van der Waals surface area contributed by atoms with Gasteiger partial charge < -0.3 is 28.2 Å². The van der Waals surface area contributed by atoms with E-state index in [1.165, 1.54) is 6.92 Å². The minimum Gasteiger partial charge on any atom is -0.513 e. The van der Waals surface area contributed by atoms with E-state index < -0.39 is 16.4 Å². The summed E-state index contributed by atoms with van der Waals surface area (Å²) in [6, 6.07) is 0. The summed E-state index contributed by atoms with van der Waals surface area (Å²) in [5.41, 5.74) is -0.00296. The molecule has 0 bridgehead atoms. The summed E-state index contributed by atoms with van der Waals surface area (Å²) in [5.74, 6) is -0.0149. The molecule has 0 radical (unpaired) electrons. The largest absolute Gasteiger partial charge is 0.513 e. The van der Waals surface area contributed by atoms with Crippen molar-refractivity contribution in [2.45, 2.75) is 81.3 Å². The van der Waals surface area contributed by atoms with E-state index in [4.69, 9.17) is 41.7 Å². The van der Waals surface area contributed by atoms with Crippen LogP contribution >= 0.6 is 28.0 Å². The van der Waals surface area contributed by atoms with Crippen LogP contribution in [0.5, 0.6) is 0 Å². The van der Waals surface area contributed by atoms with E-state index in [2.05, 4.69) is 32.0 Å². The van der Waals surface area contributed by atoms with Gasteiger partial charge >= 0.3 is 16.4 Å². The van der Waals surface area contributed by atoms with E-state index >= 15 is 0 Å². The number of aliphatic hydroxyl groups excluding tert-OH is 1. The first-order chi connectivity index (χ1) is 18.1. The maximum Gasteiger partial charge on any atom is 0.474 e. The molecule has 3 saturated heterocycles. The Balaban J connectivity index is 0. The van der Waals surface area contributed by atoms with Gasteiger partial charge in [0.1, 0.15) is 6.79 Å². The molecule has 3 heterocycles. The zero-order chi connectivity index (χ0) is 30.5. The van der Waals surface area contributed by atoms with Crippen LogP contribution in [0.25, 0.3) is 0 Å². The molecule has 3 rings (SSSR count). The molecule has 0 aromatic carbocycles. The highest BCUT2D eigenvalue weighted by molar-refractivity contribution is 7.48. The molecule has 3 fully saturated rings. The van der Waals surface area contributed by atoms with Crippen molar-refractivity contribution in [1.29, 1.82) is 0 Å². The summed E-state index contributed by atoms with van der Waals surface area (Å²) in [4.78, 5) is 9.21. The quantitative estimate of drug-likeness (QED) is 0.179. The average molecular weight is 625 g/mol. The Labute approximate surface area is 241 Å². The maximum atomic E-state index is 11.7. The summed E-state index contributed by atoms with van der Waals surface area (Å²) >= 11 is 4.64. The van der Waals surface area contributed by atoms with Crippen LogP contribution in [0.1, 0.15) is 75.2 Å². The van der Waals surface area contributed by atoms with E-state index in [1.807, 2.05) is 41.5 Å². The highest BCUT2D eigenvalue weighted by atomic mass is 35.5. The van der Waals surface area contributed by atoms with Crippen molar-refractivity contribution in [1.82, 2.24) is 0 Å². The molecule has 0 spiro atoms. The number of hydrogen-bond acceptors (Lipinski definition) is 11. The Morgan fingerprint density at radius 1 is 1.03 bits per heavy atom. The number of carbonyl (C=O) groups is 1. The SMILES string of the molecule is C1COCOC1.C=C(O)CCOP1(=O)OCC(C)(C)CO1.CC.CC(=O)Cl.CC(C)OP1OCC(C)(C)CO1. The van der Waals surface area contributed by atoms with Crippen LogP contribution in [0.15, 0.2) is 12.3 Å². The highest BCUT2D eigenvalue weighted by Gasteiger charge is 2.37. The van der Waals surface area contributed by atoms with Crippen molar-refractivity contribution in [2.75, 3.05) is 53.0 Å². The van der Waals surface area contributed by atoms with Gasteiger partial charge in [0, 0.05) is 24.2 Å². The Morgan fingerprint density at radius 2 is 1.46 bits per heavy atom. The summed E-state index contributed by atoms with van der Waals surface area (Å²) in [6.45, 7) is 25.1. The first-order valence-corrected chi connectivity index (χ1v) is 15.9. The van der Waals surface area contributed by atoms with E-state index in [9.17, 15) is 9.36 Å². The smallest absolute Gasteiger partial charge is 0.474 e. The number of halogens is 1. The van der Waals surface area contributed by atoms with Gasteiger partial charge in [-0.15, -0.1) is 0 Å². The fraction of sp³-hybridized carbons (Fsp3) is 0.880. The highest BCUT2D eigenvalue weighted by Crippen LogP contribution is 2.54. The van der Waals surface area contributed by atoms with Crippen LogP contribution in [-0.2, 0) is 46.0 Å². The maximum absolute atomic E-state index is 11.7. The summed E-state index contributed by atoms with van der Waals surface area (Å²) in [7, 11) is -4.47. The van der Waals surface area contributed by atoms with Gasteiger partial charge in [0.2, 0.25) is 5.24 Å². The third kappa shape index (κ3) is 26.5. The lowest BCUT2D eigenvalue weighted by atomic mass is 9.97. The number of phosphoric acid groups is 1. The number of ether oxygens (including phenoxy) is 2. The van der Waals surface area contributed by atoms with Gasteiger partial charge in [0.05, 0.1) is 58.1 Å². The standard InChI is InChI=1S/C9H17O5P.C8H17O3P.C4H8O2.C2H3ClO.C2H6/c1-8(10)4-5-12-15(11)13-6-9(2,3)7-14-15;1-7(2)11-12-9-5-8(3,4)6-10-12;1-2-5-4-6-3-1;1-2(3)4;1-2/h10H,1,4-7H2,2-3H3;7H,5-6H2,1-4H3;1-4H2;1H3;1-2H3. The first kappa shape index (κ1) is 41.0. The predicted molar refractivity (Wildman–Crippen MR) is 154 cm³/mol. The second-order valence-corrected chi connectivity index (χ2v) is 13.5. The van der Waals surface area contributed by atoms with Crippen LogP contribution in [0, 0.1) is 10.8 Å². The Morgan fingerprint density at radius 3 is 1.79 bits per heavy atom. The average Bonchev–Trinajstić information content (AvgIpc) is 2.85. The number of carbonyl (C=O) groups excluding carboxylic acids is 1. The fourth-order valence-corrected chi connectivity index (χ4v) is 5.15. The zero-order valence-corrected chi connectivity index (χ0v) is 27.7. The molecule has 14 heteroatoms. The first-order valence-electron chi connectivity index (χ1n) is 13.0. The molecule has 3 aliphatic rings. The van der Waals surface area contributed by atoms with Gasteiger partial charge in [0.15, 0.2) is 0 Å². The Hall–Kier alpha value is -0.160. The van der Waals surface area contributed by atoms with Crippen molar-refractivity contribution in [3.8, 4) is 0 Å². The molecule has 234 valence electrons. The second-order valence-electron chi connectivity index (χ2n) is 10.2. The van der Waals surface area contributed by atoms with E-state index in [0.29, 0.717) is 20.0 Å². The number of phosphoric ester groups is 1. The molecule has 3 aliphatic heterocycles. The fourth-order valence-electron chi connectivity index (χ4n) is 2.14. The van der Waals surface area contributed by atoms with Crippen LogP contribution in [-0.4, -0.2) is 69.5 Å². The van der Waals surface area contributed by atoms with Crippen LogP contribution in [0.4, 0.5) is 0 Å². The van der Waals surface area contributed by atoms with Crippen molar-refractivity contribution in [3.63, 3.8) is 0 Å². The molecule has 0 aromatic heterocycles. The van der Waals surface area contributed by atoms with E-state index in [0.717, 1.165) is 32.8 Å². The molecule has 0 atom stereocenters. The lowest BCUT2D eigenvalue weighted by Gasteiger charge is -2.33. The molecule has 39 heavy (non-hydrogen) atoms. The topological polar surface area (TPSA) is 128 Å². The van der Waals surface area contributed by atoms with Crippen molar-refractivity contribution in [2.24, 2.45) is 10.8 Å². The normalized spacial score (nSPS) is 21.2. The van der Waals surface area contributed by atoms with Crippen molar-refractivity contribution < 1.29 is 51.1 Å². The van der Waals surface area contributed by atoms with Gasteiger partial charge in [-0.05, 0) is 31.9 Å². The molecule has 0 aromatic rings. The van der Waals surface area contributed by atoms with Gasteiger partial charge in [-0.3, -0.25) is 18.4 Å². The van der Waals surface area contributed by atoms with Crippen molar-refractivity contribution >= 4 is 33.3 Å². The third-order valence-electron chi connectivity index (χ3n) is 4.03. The monoisotopic (exact) mass is 624 g/mol. The van der Waals surface area contributed by atoms with Gasteiger partial charge in [-0.1, -0.05) is 48.1 Å². The van der Waals surface area contributed by atoms with Gasteiger partial charge in [-0.2, -0.15) is 0 Å². The molecule has 0 unspecified atom stereocenters. The van der Waals surface area contributed by atoms with Crippen LogP contribution < -0.4 is 0 Å². The number of rotatable bonds is 6. The minimum absolute atomic E-state index is 0.0149. The Kier molecular flexibility index (Phi) is 23.6. The van der Waals surface area contributed by atoms with Crippen LogP contribution in [0.2, 0.25) is 0 Å². The molecule has 0 amide bonds. The summed E-state index contributed by atoms with van der Waals surface area (Å²) < 4.78 is 52.8. The van der Waals surface area contributed by atoms with Crippen molar-refractivity contribution in [3.05, 3.63) is 12.3 Å². The summed E-state index contributed by atoms with van der Waals surface area (Å²) in [5, 5.41) is 8.44. The van der Waals surface area contributed by atoms with Crippen LogP contribution in [0.3, 0.4) is 0 Å². The molecule has 0 saturated carbocycles. The van der Waals surface area contributed by atoms with E-state index in [-0.39, 0.29) is 41.0 Å². The number of aliphatic hydroxyl groups is 1. The minimum atomic E-state index is -3.40. The molecule has 11 nitrogen and oxygen atoms in total. The number of hydrogen-bond donors (Lipinski definition) is 1. The second kappa shape index (κ2) is 22.4.